The molecule has 148 valence electrons. The van der Waals surface area contributed by atoms with Crippen LogP contribution < -0.4 is 11.1 Å². The van der Waals surface area contributed by atoms with Gasteiger partial charge in [0.05, 0.1) is 11.9 Å². The molecule has 0 aromatic rings. The van der Waals surface area contributed by atoms with E-state index < -0.39 is 21.0 Å². The molecule has 1 aliphatic heterocycles. The number of amides is 1. The number of carbonyl (C=O) groups is 1. The van der Waals surface area contributed by atoms with Gasteiger partial charge in [0.2, 0.25) is 15.9 Å². The van der Waals surface area contributed by atoms with Crippen LogP contribution in [0.4, 0.5) is 0 Å². The lowest BCUT2D eigenvalue weighted by molar-refractivity contribution is -0.170. The van der Waals surface area contributed by atoms with Crippen molar-refractivity contribution in [1.29, 1.82) is 0 Å². The number of hydrogen-bond donors (Lipinski definition) is 2. The molecule has 0 bridgehead atoms. The number of carbonyl (C=O) groups excluding carboxylic acids is 1. The number of nitrogens with zero attached hydrogens (tertiary/aromatic N) is 1. The average Bonchev–Trinajstić information content (AvgIpc) is 2.55. The molecule has 2 unspecified atom stereocenters. The minimum atomic E-state index is -3.32. The average molecular weight is 416 g/mol. The molecule has 1 saturated heterocycles. The summed E-state index contributed by atoms with van der Waals surface area (Å²) in [6.07, 6.45) is 0.406. The lowest BCUT2D eigenvalue weighted by Gasteiger charge is -2.57. The quantitative estimate of drug-likeness (QED) is 0.625. The van der Waals surface area contributed by atoms with E-state index in [-0.39, 0.29) is 36.7 Å². The van der Waals surface area contributed by atoms with Crippen molar-refractivity contribution in [2.24, 2.45) is 11.1 Å². The van der Waals surface area contributed by atoms with Gasteiger partial charge in [-0.2, -0.15) is 11.8 Å². The van der Waals surface area contributed by atoms with Gasteiger partial charge in [0.25, 0.3) is 0 Å². The summed E-state index contributed by atoms with van der Waals surface area (Å²) >= 11 is 1.76. The highest BCUT2D eigenvalue weighted by molar-refractivity contribution is 7.99. The first-order chi connectivity index (χ1) is 11.1. The Kier molecular flexibility index (Phi) is 8.05. The normalized spacial score (nSPS) is 29.4. The summed E-state index contributed by atoms with van der Waals surface area (Å²) in [6.45, 7) is 7.50. The second-order valence-corrected chi connectivity index (χ2v) is 10.2. The Labute approximate surface area is 161 Å². The molecule has 0 radical (unpaired) electrons. The predicted molar refractivity (Wildman–Crippen MR) is 104 cm³/mol. The lowest BCUT2D eigenvalue weighted by atomic mass is 9.54. The molecule has 1 saturated carbocycles. The Morgan fingerprint density at radius 2 is 1.96 bits per heavy atom. The smallest absolute Gasteiger partial charge is 0.240 e. The van der Waals surface area contributed by atoms with Crippen molar-refractivity contribution in [1.82, 2.24) is 9.62 Å². The molecule has 1 heterocycles. The zero-order valence-corrected chi connectivity index (χ0v) is 17.6. The molecule has 25 heavy (non-hydrogen) atoms. The molecule has 0 spiro atoms. The highest BCUT2D eigenvalue weighted by Gasteiger charge is 2.62. The van der Waals surface area contributed by atoms with Crippen LogP contribution in [-0.4, -0.2) is 73.8 Å². The van der Waals surface area contributed by atoms with Crippen LogP contribution in [0.1, 0.15) is 27.2 Å². The Bertz CT molecular complexity index is 567. The van der Waals surface area contributed by atoms with Crippen molar-refractivity contribution in [3.8, 4) is 0 Å². The van der Waals surface area contributed by atoms with Crippen LogP contribution in [0, 0.1) is 5.41 Å². The summed E-state index contributed by atoms with van der Waals surface area (Å²) in [5.74, 6) is 1.26. The number of nitrogens with one attached hydrogen (secondary N) is 1. The summed E-state index contributed by atoms with van der Waals surface area (Å²) in [5, 5.41) is 2.71. The van der Waals surface area contributed by atoms with Crippen molar-refractivity contribution in [3.05, 3.63) is 0 Å². The zero-order valence-electron chi connectivity index (χ0n) is 15.1. The molecule has 7 nitrogen and oxygen atoms in total. The van der Waals surface area contributed by atoms with Gasteiger partial charge in [-0.1, -0.05) is 13.8 Å². The predicted octanol–water partition coefficient (Wildman–Crippen LogP) is 0.436. The van der Waals surface area contributed by atoms with E-state index in [0.717, 1.165) is 11.5 Å². The molecule has 0 aromatic heterocycles. The second kappa shape index (κ2) is 8.75. The number of ether oxygens (including phenoxy) is 1. The fraction of sp³-hybridized carbons (Fsp3) is 0.933. The highest BCUT2D eigenvalue weighted by atomic mass is 35.5. The number of hydrogen-bond acceptors (Lipinski definition) is 6. The Balaban J connectivity index is 0.00000312. The first kappa shape index (κ1) is 23.0. The maximum absolute atomic E-state index is 12.5. The van der Waals surface area contributed by atoms with E-state index >= 15 is 0 Å². The van der Waals surface area contributed by atoms with Crippen molar-refractivity contribution in [3.63, 3.8) is 0 Å². The highest BCUT2D eigenvalue weighted by Crippen LogP contribution is 2.49. The minimum Gasteiger partial charge on any atom is -0.378 e. The SMILES string of the molecule is CCOC1CC(N)(C(=O)NCCS(=O)(=O)N2CCSCC2)C1(C)C.Cl. The number of nitrogens with two attached hydrogens (primary N) is 1. The Morgan fingerprint density at radius 1 is 1.36 bits per heavy atom. The molecule has 1 aliphatic carbocycles. The molecule has 0 aromatic carbocycles. The van der Waals surface area contributed by atoms with Crippen LogP contribution in [0.3, 0.4) is 0 Å². The van der Waals surface area contributed by atoms with E-state index in [4.69, 9.17) is 10.5 Å². The van der Waals surface area contributed by atoms with Crippen molar-refractivity contribution >= 4 is 40.1 Å². The molecular weight excluding hydrogens is 386 g/mol. The van der Waals surface area contributed by atoms with Crippen molar-refractivity contribution in [2.75, 3.05) is 43.5 Å². The summed E-state index contributed by atoms with van der Waals surface area (Å²) in [6, 6.07) is 0. The zero-order chi connectivity index (χ0) is 18.0. The second-order valence-electron chi connectivity index (χ2n) is 6.92. The van der Waals surface area contributed by atoms with Gasteiger partial charge >= 0.3 is 0 Å². The van der Waals surface area contributed by atoms with Gasteiger partial charge in [0, 0.05) is 49.6 Å². The van der Waals surface area contributed by atoms with E-state index in [2.05, 4.69) is 5.32 Å². The first-order valence-electron chi connectivity index (χ1n) is 8.39. The first-order valence-corrected chi connectivity index (χ1v) is 11.2. The molecule has 3 N–H and O–H groups in total. The van der Waals surface area contributed by atoms with Crippen LogP contribution in [0.15, 0.2) is 0 Å². The monoisotopic (exact) mass is 415 g/mol. The third kappa shape index (κ3) is 4.62. The maximum Gasteiger partial charge on any atom is 0.240 e. The van der Waals surface area contributed by atoms with Crippen LogP contribution in [-0.2, 0) is 19.6 Å². The number of halogens is 1. The molecule has 2 rings (SSSR count). The van der Waals surface area contributed by atoms with E-state index in [0.29, 0.717) is 26.1 Å². The van der Waals surface area contributed by atoms with Crippen LogP contribution >= 0.6 is 24.2 Å². The van der Waals surface area contributed by atoms with E-state index in [1.807, 2.05) is 20.8 Å². The van der Waals surface area contributed by atoms with Crippen LogP contribution in [0.2, 0.25) is 0 Å². The third-order valence-corrected chi connectivity index (χ3v) is 8.06. The molecule has 2 aliphatic rings. The summed E-state index contributed by atoms with van der Waals surface area (Å²) in [4.78, 5) is 12.5. The maximum atomic E-state index is 12.5. The van der Waals surface area contributed by atoms with Gasteiger partial charge in [-0.25, -0.2) is 12.7 Å². The largest absolute Gasteiger partial charge is 0.378 e. The number of sulfonamides is 1. The Hall–Kier alpha value is -0.0600. The van der Waals surface area contributed by atoms with Gasteiger partial charge < -0.3 is 15.8 Å². The van der Waals surface area contributed by atoms with Crippen molar-refractivity contribution in [2.45, 2.75) is 38.8 Å². The fourth-order valence-corrected chi connectivity index (χ4v) is 5.72. The van der Waals surface area contributed by atoms with Crippen LogP contribution in [0.5, 0.6) is 0 Å². The van der Waals surface area contributed by atoms with Gasteiger partial charge in [0.1, 0.15) is 5.54 Å². The molecular formula is C15H30ClN3O4S2. The fourth-order valence-electron chi connectivity index (χ4n) is 3.23. The molecule has 2 atom stereocenters. The topological polar surface area (TPSA) is 102 Å². The minimum absolute atomic E-state index is 0. The third-order valence-electron chi connectivity index (χ3n) is 5.24. The van der Waals surface area contributed by atoms with E-state index in [1.165, 1.54) is 4.31 Å². The summed E-state index contributed by atoms with van der Waals surface area (Å²) < 4.78 is 31.7. The van der Waals surface area contributed by atoms with Gasteiger partial charge in [-0.05, 0) is 6.92 Å². The van der Waals surface area contributed by atoms with E-state index in [1.54, 1.807) is 11.8 Å². The molecule has 10 heteroatoms. The Morgan fingerprint density at radius 3 is 2.48 bits per heavy atom. The summed E-state index contributed by atoms with van der Waals surface area (Å²) in [7, 11) is -3.32. The van der Waals surface area contributed by atoms with E-state index in [9.17, 15) is 13.2 Å². The number of rotatable bonds is 7. The van der Waals surface area contributed by atoms with Gasteiger partial charge in [0.15, 0.2) is 0 Å². The molecule has 2 fully saturated rings. The van der Waals surface area contributed by atoms with Crippen molar-refractivity contribution < 1.29 is 17.9 Å². The van der Waals surface area contributed by atoms with Gasteiger partial charge in [-0.15, -0.1) is 12.4 Å². The molecule has 1 amide bonds. The van der Waals surface area contributed by atoms with Gasteiger partial charge in [-0.3, -0.25) is 4.79 Å². The summed E-state index contributed by atoms with van der Waals surface area (Å²) in [5.41, 5.74) is 4.79. The van der Waals surface area contributed by atoms with Crippen LogP contribution in [0.25, 0.3) is 0 Å². The number of thioether (sulfide) groups is 1. The standard InChI is InChI=1S/C15H29N3O4S2.ClH/c1-4-22-12-11-15(16,14(12,2)3)13(19)17-5-10-24(20,21)18-6-8-23-9-7-18;/h12H,4-11,16H2,1-3H3,(H,17,19);1H. The lowest BCUT2D eigenvalue weighted by Crippen LogP contribution is -2.75.